The molecule has 1 aromatic carbocycles. The molecule has 0 fully saturated rings. The van der Waals surface area contributed by atoms with E-state index in [4.69, 9.17) is 0 Å². The molecule has 0 amide bonds. The van der Waals surface area contributed by atoms with E-state index < -0.39 is 6.30 Å². The van der Waals surface area contributed by atoms with Crippen LogP contribution in [0.5, 0.6) is 0 Å². The van der Waals surface area contributed by atoms with E-state index in [1.807, 2.05) is 6.07 Å². The Balaban J connectivity index is 2.34. The molecule has 0 saturated heterocycles. The van der Waals surface area contributed by atoms with Gasteiger partial charge in [0.15, 0.2) is 0 Å². The van der Waals surface area contributed by atoms with Crippen LogP contribution in [0.2, 0.25) is 0 Å². The highest BCUT2D eigenvalue weighted by Crippen LogP contribution is 2.37. The fraction of sp³-hybridized carbons (Fsp3) is 0.0833. The molecule has 2 nitrogen and oxygen atoms in total. The van der Waals surface area contributed by atoms with Crippen LogP contribution in [0.15, 0.2) is 36.7 Å². The Morgan fingerprint density at radius 1 is 1.12 bits per heavy atom. The van der Waals surface area contributed by atoms with Gasteiger partial charge in [-0.15, -0.1) is 13.2 Å². The minimum absolute atomic E-state index is 0.0619. The minimum atomic E-state index is -4.45. The second-order valence-electron chi connectivity index (χ2n) is 3.73. The SMILES string of the molecule is FC(F)(F)N1C=Cc2cccc3ccnc1c23. The summed E-state index contributed by atoms with van der Waals surface area (Å²) in [5.41, 5.74) is 0.756. The Labute approximate surface area is 95.0 Å². The lowest BCUT2D eigenvalue weighted by atomic mass is 10.0. The van der Waals surface area contributed by atoms with Crippen LogP contribution in [0.1, 0.15) is 5.56 Å². The third-order valence-corrected chi connectivity index (χ3v) is 2.71. The topological polar surface area (TPSA) is 16.1 Å². The van der Waals surface area contributed by atoms with Crippen LogP contribution in [0, 0.1) is 0 Å². The number of rotatable bonds is 0. The fourth-order valence-corrected chi connectivity index (χ4v) is 1.99. The molecular formula is C12H7F3N2. The summed E-state index contributed by atoms with van der Waals surface area (Å²) in [4.78, 5) is 4.08. The molecule has 0 atom stereocenters. The fourth-order valence-electron chi connectivity index (χ4n) is 1.99. The van der Waals surface area contributed by atoms with Crippen LogP contribution in [0.4, 0.5) is 19.0 Å². The first-order valence-electron chi connectivity index (χ1n) is 4.99. The van der Waals surface area contributed by atoms with Gasteiger partial charge in [-0.2, -0.15) is 0 Å². The van der Waals surface area contributed by atoms with E-state index in [0.29, 0.717) is 5.39 Å². The van der Waals surface area contributed by atoms with Gasteiger partial charge in [0.2, 0.25) is 0 Å². The van der Waals surface area contributed by atoms with Crippen molar-refractivity contribution >= 4 is 22.7 Å². The molecule has 1 aromatic heterocycles. The van der Waals surface area contributed by atoms with E-state index in [2.05, 4.69) is 4.98 Å². The monoisotopic (exact) mass is 236 g/mol. The molecule has 0 radical (unpaired) electrons. The highest BCUT2D eigenvalue weighted by molar-refractivity contribution is 6.01. The van der Waals surface area contributed by atoms with Gasteiger partial charge in [0.1, 0.15) is 5.82 Å². The summed E-state index contributed by atoms with van der Waals surface area (Å²) >= 11 is 0. The average molecular weight is 236 g/mol. The minimum Gasteiger partial charge on any atom is -0.242 e. The Morgan fingerprint density at radius 3 is 2.71 bits per heavy atom. The number of hydrogen-bond acceptors (Lipinski definition) is 2. The van der Waals surface area contributed by atoms with Crippen molar-refractivity contribution in [2.75, 3.05) is 4.90 Å². The van der Waals surface area contributed by atoms with E-state index in [9.17, 15) is 13.2 Å². The molecule has 1 aliphatic rings. The van der Waals surface area contributed by atoms with Crippen molar-refractivity contribution in [1.29, 1.82) is 0 Å². The van der Waals surface area contributed by atoms with E-state index in [1.165, 1.54) is 12.3 Å². The molecule has 0 aliphatic carbocycles. The number of aromatic nitrogens is 1. The maximum Gasteiger partial charge on any atom is 0.490 e. The first-order chi connectivity index (χ1) is 8.07. The van der Waals surface area contributed by atoms with Gasteiger partial charge < -0.3 is 0 Å². The summed E-state index contributed by atoms with van der Waals surface area (Å²) in [7, 11) is 0. The smallest absolute Gasteiger partial charge is 0.242 e. The second kappa shape index (κ2) is 3.23. The van der Waals surface area contributed by atoms with Crippen LogP contribution < -0.4 is 4.90 Å². The maximum absolute atomic E-state index is 12.8. The molecule has 0 unspecified atom stereocenters. The molecule has 86 valence electrons. The van der Waals surface area contributed by atoms with Crippen LogP contribution in [0.3, 0.4) is 0 Å². The zero-order chi connectivity index (χ0) is 12.0. The molecular weight excluding hydrogens is 229 g/mol. The molecule has 5 heteroatoms. The Morgan fingerprint density at radius 2 is 1.94 bits per heavy atom. The number of hydrogen-bond donors (Lipinski definition) is 0. The number of anilines is 1. The Kier molecular flexibility index (Phi) is 1.92. The van der Waals surface area contributed by atoms with Gasteiger partial charge in [-0.25, -0.2) is 9.88 Å². The number of alkyl halides is 3. The standard InChI is InChI=1S/C12H7F3N2/c13-12(14,15)17-7-5-9-3-1-2-8-4-6-16-11(17)10(8)9/h1-7H. The molecule has 0 bridgehead atoms. The molecule has 0 N–H and O–H groups in total. The average Bonchev–Trinajstić information content (AvgIpc) is 2.28. The summed E-state index contributed by atoms with van der Waals surface area (Å²) in [5, 5.41) is 1.29. The van der Waals surface area contributed by atoms with Crippen molar-refractivity contribution < 1.29 is 13.2 Å². The molecule has 0 spiro atoms. The van der Waals surface area contributed by atoms with Crippen LogP contribution in [0.25, 0.3) is 16.8 Å². The third-order valence-electron chi connectivity index (χ3n) is 2.71. The Bertz CT molecular complexity index is 611. The molecule has 17 heavy (non-hydrogen) atoms. The summed E-state index contributed by atoms with van der Waals surface area (Å²) in [6, 6.07) is 7.07. The van der Waals surface area contributed by atoms with Crippen molar-refractivity contribution in [2.24, 2.45) is 0 Å². The predicted molar refractivity (Wildman–Crippen MR) is 59.3 cm³/mol. The van der Waals surface area contributed by atoms with Gasteiger partial charge in [0.25, 0.3) is 0 Å². The molecule has 2 heterocycles. The number of nitrogens with zero attached hydrogens (tertiary/aromatic N) is 2. The van der Waals surface area contributed by atoms with Crippen LogP contribution >= 0.6 is 0 Å². The van der Waals surface area contributed by atoms with Crippen LogP contribution in [-0.2, 0) is 0 Å². The van der Waals surface area contributed by atoms with Crippen molar-refractivity contribution in [3.8, 4) is 0 Å². The van der Waals surface area contributed by atoms with Gasteiger partial charge in [0.05, 0.1) is 0 Å². The molecule has 0 saturated carbocycles. The first-order valence-corrected chi connectivity index (χ1v) is 4.99. The number of benzene rings is 1. The van der Waals surface area contributed by atoms with Gasteiger partial charge in [-0.3, -0.25) is 0 Å². The lowest BCUT2D eigenvalue weighted by Crippen LogP contribution is -2.34. The summed E-state index contributed by atoms with van der Waals surface area (Å²) < 4.78 is 38.4. The van der Waals surface area contributed by atoms with Crippen molar-refractivity contribution in [2.45, 2.75) is 6.30 Å². The van der Waals surface area contributed by atoms with Gasteiger partial charge in [0, 0.05) is 17.8 Å². The lowest BCUT2D eigenvalue weighted by Gasteiger charge is -2.26. The first kappa shape index (κ1) is 10.1. The summed E-state index contributed by atoms with van der Waals surface area (Å²) in [5.74, 6) is -0.0619. The van der Waals surface area contributed by atoms with Gasteiger partial charge in [-0.05, 0) is 23.1 Å². The van der Waals surface area contributed by atoms with Crippen LogP contribution in [-0.4, -0.2) is 11.3 Å². The number of pyridine rings is 1. The highest BCUT2D eigenvalue weighted by atomic mass is 19.4. The molecule has 1 aliphatic heterocycles. The largest absolute Gasteiger partial charge is 0.490 e. The molecule has 3 rings (SSSR count). The van der Waals surface area contributed by atoms with Crippen molar-refractivity contribution in [3.63, 3.8) is 0 Å². The van der Waals surface area contributed by atoms with Gasteiger partial charge in [-0.1, -0.05) is 18.2 Å². The molecule has 2 aromatic rings. The van der Waals surface area contributed by atoms with E-state index in [-0.39, 0.29) is 10.7 Å². The zero-order valence-corrected chi connectivity index (χ0v) is 8.57. The van der Waals surface area contributed by atoms with E-state index >= 15 is 0 Å². The maximum atomic E-state index is 12.8. The van der Waals surface area contributed by atoms with Crippen molar-refractivity contribution in [1.82, 2.24) is 4.98 Å². The van der Waals surface area contributed by atoms with E-state index in [1.54, 1.807) is 18.2 Å². The highest BCUT2D eigenvalue weighted by Gasteiger charge is 2.39. The van der Waals surface area contributed by atoms with E-state index in [0.717, 1.165) is 17.1 Å². The summed E-state index contributed by atoms with van der Waals surface area (Å²) in [6.07, 6.45) is -0.612. The Hall–Kier alpha value is -2.04. The predicted octanol–water partition coefficient (Wildman–Crippen LogP) is 3.55. The quantitative estimate of drug-likeness (QED) is 0.650. The van der Waals surface area contributed by atoms with Gasteiger partial charge >= 0.3 is 6.30 Å². The normalized spacial score (nSPS) is 14.4. The summed E-state index contributed by atoms with van der Waals surface area (Å²) in [6.45, 7) is 0. The third kappa shape index (κ3) is 1.46. The number of halogens is 3. The zero-order valence-electron chi connectivity index (χ0n) is 8.57. The van der Waals surface area contributed by atoms with Crippen molar-refractivity contribution in [3.05, 3.63) is 42.2 Å². The second-order valence-corrected chi connectivity index (χ2v) is 3.73. The lowest BCUT2D eigenvalue weighted by molar-refractivity contribution is -0.122.